The summed E-state index contributed by atoms with van der Waals surface area (Å²) in [5, 5.41) is 7.42. The first-order chi connectivity index (χ1) is 8.71. The van der Waals surface area contributed by atoms with Crippen molar-refractivity contribution in [2.75, 3.05) is 0 Å². The second-order valence-corrected chi connectivity index (χ2v) is 8.54. The molecule has 112 valence electrons. The standard InChI is InChI=1S/C14H26O4S/c1-5-12(14(15)16)19(17,18)13-8-10(4)6-7-11(13)9(2)3/h9-13H,5-8H2,1-4H3,(H,15,16). The predicted molar refractivity (Wildman–Crippen MR) is 75.8 cm³/mol. The molecule has 4 nitrogen and oxygen atoms in total. The van der Waals surface area contributed by atoms with Gasteiger partial charge in [0.1, 0.15) is 0 Å². The highest BCUT2D eigenvalue weighted by atomic mass is 32.2. The predicted octanol–water partition coefficient (Wildman–Crippen LogP) is 2.73. The van der Waals surface area contributed by atoms with Crippen LogP contribution in [0.15, 0.2) is 0 Å². The Morgan fingerprint density at radius 2 is 1.89 bits per heavy atom. The van der Waals surface area contributed by atoms with E-state index >= 15 is 0 Å². The third kappa shape index (κ3) is 3.50. The van der Waals surface area contributed by atoms with Crippen LogP contribution in [0.1, 0.15) is 53.4 Å². The van der Waals surface area contributed by atoms with Gasteiger partial charge in [0.15, 0.2) is 15.1 Å². The number of carboxylic acid groups (broad SMARTS) is 1. The molecular formula is C14H26O4S. The molecule has 0 spiro atoms. The topological polar surface area (TPSA) is 71.4 Å². The van der Waals surface area contributed by atoms with Gasteiger partial charge in [0.2, 0.25) is 0 Å². The largest absolute Gasteiger partial charge is 0.480 e. The number of hydrogen-bond acceptors (Lipinski definition) is 3. The Morgan fingerprint density at radius 3 is 2.32 bits per heavy atom. The Labute approximate surface area is 116 Å². The van der Waals surface area contributed by atoms with E-state index in [9.17, 15) is 13.2 Å². The maximum absolute atomic E-state index is 12.6. The van der Waals surface area contributed by atoms with Gasteiger partial charge >= 0.3 is 5.97 Å². The summed E-state index contributed by atoms with van der Waals surface area (Å²) in [5.74, 6) is -0.475. The normalized spacial score (nSPS) is 30.3. The lowest BCUT2D eigenvalue weighted by Crippen LogP contribution is -2.45. The highest BCUT2D eigenvalue weighted by molar-refractivity contribution is 7.93. The minimum Gasteiger partial charge on any atom is -0.480 e. The van der Waals surface area contributed by atoms with Crippen LogP contribution in [0.2, 0.25) is 0 Å². The van der Waals surface area contributed by atoms with E-state index in [4.69, 9.17) is 5.11 Å². The van der Waals surface area contributed by atoms with Crippen LogP contribution in [0.25, 0.3) is 0 Å². The van der Waals surface area contributed by atoms with Crippen LogP contribution in [-0.2, 0) is 14.6 Å². The smallest absolute Gasteiger partial charge is 0.321 e. The van der Waals surface area contributed by atoms with Gasteiger partial charge in [-0.3, -0.25) is 4.79 Å². The third-order valence-corrected chi connectivity index (χ3v) is 7.14. The van der Waals surface area contributed by atoms with Gasteiger partial charge in [-0.2, -0.15) is 0 Å². The maximum atomic E-state index is 12.6. The molecule has 19 heavy (non-hydrogen) atoms. The first kappa shape index (κ1) is 16.5. The molecule has 0 radical (unpaired) electrons. The number of carbonyl (C=O) groups is 1. The third-order valence-electron chi connectivity index (χ3n) is 4.43. The molecule has 0 heterocycles. The first-order valence-electron chi connectivity index (χ1n) is 7.17. The summed E-state index contributed by atoms with van der Waals surface area (Å²) in [7, 11) is -3.60. The van der Waals surface area contributed by atoms with Gasteiger partial charge in [0, 0.05) is 0 Å². The van der Waals surface area contributed by atoms with E-state index in [1.165, 1.54) is 0 Å². The lowest BCUT2D eigenvalue weighted by molar-refractivity contribution is -0.136. The monoisotopic (exact) mass is 290 g/mol. The van der Waals surface area contributed by atoms with Crippen LogP contribution in [0.3, 0.4) is 0 Å². The Hall–Kier alpha value is -0.580. The summed E-state index contributed by atoms with van der Waals surface area (Å²) in [6.45, 7) is 7.75. The van der Waals surface area contributed by atoms with Crippen molar-refractivity contribution in [2.45, 2.75) is 63.9 Å². The second kappa shape index (κ2) is 6.25. The SMILES string of the molecule is CCC(C(=O)O)S(=O)(=O)C1CC(C)CCC1C(C)C. The lowest BCUT2D eigenvalue weighted by atomic mass is 9.77. The van der Waals surface area contributed by atoms with Crippen LogP contribution in [0, 0.1) is 17.8 Å². The Bertz CT molecular complexity index is 413. The van der Waals surface area contributed by atoms with E-state index in [0.717, 1.165) is 12.8 Å². The summed E-state index contributed by atoms with van der Waals surface area (Å²) < 4.78 is 25.3. The highest BCUT2D eigenvalue weighted by Crippen LogP contribution is 2.39. The van der Waals surface area contributed by atoms with Crippen molar-refractivity contribution in [1.82, 2.24) is 0 Å². The average Bonchev–Trinajstić information content (AvgIpc) is 2.28. The maximum Gasteiger partial charge on any atom is 0.321 e. The van der Waals surface area contributed by atoms with Gasteiger partial charge in [-0.15, -0.1) is 0 Å². The van der Waals surface area contributed by atoms with Crippen LogP contribution >= 0.6 is 0 Å². The molecule has 1 N–H and O–H groups in total. The van der Waals surface area contributed by atoms with Crippen molar-refractivity contribution in [3.8, 4) is 0 Å². The number of aliphatic carboxylic acids is 1. The number of rotatable bonds is 5. The molecule has 0 aliphatic heterocycles. The molecule has 1 rings (SSSR count). The summed E-state index contributed by atoms with van der Waals surface area (Å²) in [5.41, 5.74) is 0. The van der Waals surface area contributed by atoms with E-state index in [1.54, 1.807) is 6.92 Å². The molecule has 0 aromatic carbocycles. The molecule has 1 saturated carbocycles. The molecule has 4 atom stereocenters. The number of hydrogen-bond donors (Lipinski definition) is 1. The van der Waals surface area contributed by atoms with Crippen LogP contribution in [-0.4, -0.2) is 30.0 Å². The van der Waals surface area contributed by atoms with Crippen LogP contribution in [0.4, 0.5) is 0 Å². The fourth-order valence-corrected chi connectivity index (χ4v) is 5.95. The molecule has 4 unspecified atom stereocenters. The summed E-state index contributed by atoms with van der Waals surface area (Å²) >= 11 is 0. The second-order valence-electron chi connectivity index (χ2n) is 6.19. The molecule has 1 fully saturated rings. The van der Waals surface area contributed by atoms with Crippen molar-refractivity contribution in [3.63, 3.8) is 0 Å². The van der Waals surface area contributed by atoms with Crippen molar-refractivity contribution in [2.24, 2.45) is 17.8 Å². The minimum atomic E-state index is -3.60. The van der Waals surface area contributed by atoms with E-state index in [0.29, 0.717) is 12.3 Å². The van der Waals surface area contributed by atoms with Gasteiger partial charge in [0.05, 0.1) is 5.25 Å². The quantitative estimate of drug-likeness (QED) is 0.845. The zero-order chi connectivity index (χ0) is 14.8. The molecule has 0 saturated heterocycles. The summed E-state index contributed by atoms with van der Waals surface area (Å²) in [6, 6.07) is 0. The van der Waals surface area contributed by atoms with Crippen molar-refractivity contribution >= 4 is 15.8 Å². The summed E-state index contributed by atoms with van der Waals surface area (Å²) in [4.78, 5) is 11.2. The molecule has 1 aliphatic rings. The average molecular weight is 290 g/mol. The van der Waals surface area contributed by atoms with Gasteiger partial charge in [-0.25, -0.2) is 8.42 Å². The number of sulfone groups is 1. The zero-order valence-electron chi connectivity index (χ0n) is 12.3. The van der Waals surface area contributed by atoms with Gasteiger partial charge < -0.3 is 5.11 Å². The molecule has 5 heteroatoms. The molecule has 0 aromatic rings. The Morgan fingerprint density at radius 1 is 1.32 bits per heavy atom. The van der Waals surface area contributed by atoms with E-state index in [-0.39, 0.29) is 18.3 Å². The molecule has 0 amide bonds. The molecular weight excluding hydrogens is 264 g/mol. The molecule has 0 aromatic heterocycles. The number of carboxylic acids is 1. The van der Waals surface area contributed by atoms with E-state index < -0.39 is 26.3 Å². The summed E-state index contributed by atoms with van der Waals surface area (Å²) in [6.07, 6.45) is 2.68. The van der Waals surface area contributed by atoms with E-state index in [2.05, 4.69) is 6.92 Å². The molecule has 0 bridgehead atoms. The molecule has 1 aliphatic carbocycles. The fraction of sp³-hybridized carbons (Fsp3) is 0.929. The van der Waals surface area contributed by atoms with Gasteiger partial charge in [-0.05, 0) is 37.0 Å². The first-order valence-corrected chi connectivity index (χ1v) is 8.78. The Balaban J connectivity index is 3.10. The lowest BCUT2D eigenvalue weighted by Gasteiger charge is -2.37. The van der Waals surface area contributed by atoms with Crippen LogP contribution < -0.4 is 0 Å². The van der Waals surface area contributed by atoms with Gasteiger partial charge in [-0.1, -0.05) is 34.1 Å². The fourth-order valence-electron chi connectivity index (χ4n) is 3.25. The van der Waals surface area contributed by atoms with Crippen molar-refractivity contribution in [1.29, 1.82) is 0 Å². The van der Waals surface area contributed by atoms with Crippen LogP contribution in [0.5, 0.6) is 0 Å². The van der Waals surface area contributed by atoms with Crippen molar-refractivity contribution < 1.29 is 18.3 Å². The zero-order valence-corrected chi connectivity index (χ0v) is 13.1. The van der Waals surface area contributed by atoms with Crippen molar-refractivity contribution in [3.05, 3.63) is 0 Å². The Kier molecular flexibility index (Phi) is 5.42. The minimum absolute atomic E-state index is 0.0922. The van der Waals surface area contributed by atoms with Gasteiger partial charge in [0.25, 0.3) is 0 Å². The van der Waals surface area contributed by atoms with E-state index in [1.807, 2.05) is 13.8 Å². The highest BCUT2D eigenvalue weighted by Gasteiger charge is 2.44.